The van der Waals surface area contributed by atoms with Gasteiger partial charge in [0.2, 0.25) is 5.91 Å². The van der Waals surface area contributed by atoms with Crippen LogP contribution >= 0.6 is 0 Å². The summed E-state index contributed by atoms with van der Waals surface area (Å²) in [6.45, 7) is 3.66. The highest BCUT2D eigenvalue weighted by atomic mass is 16.5. The number of aromatic nitrogens is 3. The number of hydrogen-bond donors (Lipinski definition) is 2. The van der Waals surface area contributed by atoms with E-state index in [2.05, 4.69) is 27.3 Å². The summed E-state index contributed by atoms with van der Waals surface area (Å²) in [4.78, 5) is 28.6. The van der Waals surface area contributed by atoms with E-state index in [1.807, 2.05) is 43.6 Å². The van der Waals surface area contributed by atoms with Gasteiger partial charge in [-0.2, -0.15) is 5.10 Å². The van der Waals surface area contributed by atoms with Gasteiger partial charge in [0, 0.05) is 30.7 Å². The SMILES string of the molecule is C=CC(=O)Nc1cccc(COc2cc(-c3cnn(C)c3)ccc2C(=O)Nc2cccnc2)c1. The Kier molecular flexibility index (Phi) is 6.78. The van der Waals surface area contributed by atoms with Crippen molar-refractivity contribution in [3.63, 3.8) is 0 Å². The van der Waals surface area contributed by atoms with Gasteiger partial charge in [-0.05, 0) is 53.6 Å². The molecule has 8 nitrogen and oxygen atoms in total. The maximum Gasteiger partial charge on any atom is 0.259 e. The molecule has 0 spiro atoms. The summed E-state index contributed by atoms with van der Waals surface area (Å²) in [6, 6.07) is 16.2. The van der Waals surface area contributed by atoms with E-state index in [-0.39, 0.29) is 18.4 Å². The molecule has 2 N–H and O–H groups in total. The van der Waals surface area contributed by atoms with Gasteiger partial charge in [0.05, 0.1) is 23.6 Å². The maximum atomic E-state index is 13.0. The first-order chi connectivity index (χ1) is 16.5. The number of carbonyl (C=O) groups excluding carboxylic acids is 2. The molecule has 4 rings (SSSR count). The van der Waals surface area contributed by atoms with Crippen LogP contribution in [-0.2, 0) is 18.4 Å². The standard InChI is InChI=1S/C26H23N5O3/c1-3-25(32)29-21-7-4-6-18(12-21)17-34-24-13-19(20-14-28-31(2)16-20)9-10-23(24)26(33)30-22-8-5-11-27-15-22/h3-16H,1,17H2,2H3,(H,29,32)(H,30,33). The second kappa shape index (κ2) is 10.3. The molecule has 0 atom stereocenters. The molecule has 4 aromatic rings. The van der Waals surface area contributed by atoms with E-state index >= 15 is 0 Å². The number of benzene rings is 2. The van der Waals surface area contributed by atoms with Gasteiger partial charge in [0.15, 0.2) is 0 Å². The minimum Gasteiger partial charge on any atom is -0.488 e. The number of rotatable bonds is 8. The number of amides is 2. The van der Waals surface area contributed by atoms with E-state index in [1.165, 1.54) is 6.08 Å². The lowest BCUT2D eigenvalue weighted by Gasteiger charge is -2.14. The number of anilines is 2. The Hall–Kier alpha value is -4.72. The first kappa shape index (κ1) is 22.5. The molecule has 34 heavy (non-hydrogen) atoms. The van der Waals surface area contributed by atoms with Gasteiger partial charge < -0.3 is 15.4 Å². The predicted octanol–water partition coefficient (Wildman–Crippen LogP) is 4.44. The number of pyridine rings is 1. The predicted molar refractivity (Wildman–Crippen MR) is 130 cm³/mol. The van der Waals surface area contributed by atoms with Gasteiger partial charge in [-0.1, -0.05) is 24.8 Å². The van der Waals surface area contributed by atoms with E-state index < -0.39 is 0 Å². The lowest BCUT2D eigenvalue weighted by molar-refractivity contribution is -0.111. The Morgan fingerprint density at radius 3 is 2.62 bits per heavy atom. The van der Waals surface area contributed by atoms with Crippen LogP contribution in [0.25, 0.3) is 11.1 Å². The lowest BCUT2D eigenvalue weighted by Crippen LogP contribution is -2.14. The summed E-state index contributed by atoms with van der Waals surface area (Å²) in [7, 11) is 1.84. The van der Waals surface area contributed by atoms with Crippen LogP contribution in [0.5, 0.6) is 5.75 Å². The quantitative estimate of drug-likeness (QED) is 0.385. The highest BCUT2D eigenvalue weighted by molar-refractivity contribution is 6.06. The molecule has 0 aliphatic heterocycles. The zero-order chi connectivity index (χ0) is 23.9. The molecule has 8 heteroatoms. The summed E-state index contributed by atoms with van der Waals surface area (Å²) in [5.74, 6) is -0.187. The average molecular weight is 454 g/mol. The van der Waals surface area contributed by atoms with Crippen LogP contribution in [0.2, 0.25) is 0 Å². The molecule has 0 aliphatic carbocycles. The largest absolute Gasteiger partial charge is 0.488 e. The highest BCUT2D eigenvalue weighted by Crippen LogP contribution is 2.29. The molecule has 0 saturated heterocycles. The highest BCUT2D eigenvalue weighted by Gasteiger charge is 2.16. The number of ether oxygens (including phenoxy) is 1. The fourth-order valence-electron chi connectivity index (χ4n) is 3.31. The zero-order valence-corrected chi connectivity index (χ0v) is 18.6. The normalized spacial score (nSPS) is 10.4. The van der Waals surface area contributed by atoms with Crippen LogP contribution in [0.15, 0.2) is 92.0 Å². The molecule has 2 aromatic carbocycles. The third-order valence-electron chi connectivity index (χ3n) is 4.96. The van der Waals surface area contributed by atoms with Gasteiger partial charge in [0.1, 0.15) is 12.4 Å². The Balaban J connectivity index is 1.60. The van der Waals surface area contributed by atoms with Gasteiger partial charge in [0.25, 0.3) is 5.91 Å². The van der Waals surface area contributed by atoms with Crippen molar-refractivity contribution in [3.05, 3.63) is 103 Å². The summed E-state index contributed by atoms with van der Waals surface area (Å²) in [5, 5.41) is 9.79. The van der Waals surface area contributed by atoms with E-state index in [0.717, 1.165) is 16.7 Å². The molecule has 2 amide bonds. The Morgan fingerprint density at radius 2 is 1.88 bits per heavy atom. The molecule has 0 saturated carbocycles. The van der Waals surface area contributed by atoms with Crippen molar-refractivity contribution >= 4 is 23.2 Å². The van der Waals surface area contributed by atoms with E-state index in [9.17, 15) is 9.59 Å². The molecule has 0 aliphatic rings. The number of carbonyl (C=O) groups is 2. The van der Waals surface area contributed by atoms with Crippen molar-refractivity contribution < 1.29 is 14.3 Å². The van der Waals surface area contributed by atoms with Gasteiger partial charge in [-0.25, -0.2) is 0 Å². The van der Waals surface area contributed by atoms with E-state index in [0.29, 0.717) is 22.7 Å². The van der Waals surface area contributed by atoms with Crippen molar-refractivity contribution in [2.45, 2.75) is 6.61 Å². The van der Waals surface area contributed by atoms with Crippen molar-refractivity contribution in [2.75, 3.05) is 10.6 Å². The molecule has 0 radical (unpaired) electrons. The molecule has 2 heterocycles. The number of nitrogens with one attached hydrogen (secondary N) is 2. The monoisotopic (exact) mass is 453 g/mol. The first-order valence-corrected chi connectivity index (χ1v) is 10.5. The Morgan fingerprint density at radius 1 is 1.03 bits per heavy atom. The lowest BCUT2D eigenvalue weighted by atomic mass is 10.1. The van der Waals surface area contributed by atoms with Gasteiger partial charge in [-0.15, -0.1) is 0 Å². The number of hydrogen-bond acceptors (Lipinski definition) is 5. The van der Waals surface area contributed by atoms with Crippen LogP contribution in [0.1, 0.15) is 15.9 Å². The van der Waals surface area contributed by atoms with Crippen LogP contribution in [0.3, 0.4) is 0 Å². The molecule has 2 aromatic heterocycles. The number of aryl methyl sites for hydroxylation is 1. The molecular formula is C26H23N5O3. The topological polar surface area (TPSA) is 98.1 Å². The van der Waals surface area contributed by atoms with Crippen molar-refractivity contribution in [1.82, 2.24) is 14.8 Å². The van der Waals surface area contributed by atoms with E-state index in [1.54, 1.807) is 47.5 Å². The Labute approximate surface area is 196 Å². The fourth-order valence-corrected chi connectivity index (χ4v) is 3.31. The van der Waals surface area contributed by atoms with Gasteiger partial charge in [-0.3, -0.25) is 19.3 Å². The minimum absolute atomic E-state index is 0.196. The summed E-state index contributed by atoms with van der Waals surface area (Å²) in [6.07, 6.45) is 8.06. The second-order valence-electron chi connectivity index (χ2n) is 7.49. The van der Waals surface area contributed by atoms with Crippen LogP contribution < -0.4 is 15.4 Å². The number of nitrogens with zero attached hydrogens (tertiary/aromatic N) is 3. The molecule has 0 bridgehead atoms. The molecular weight excluding hydrogens is 430 g/mol. The smallest absolute Gasteiger partial charge is 0.259 e. The molecule has 0 fully saturated rings. The Bertz CT molecular complexity index is 1330. The van der Waals surface area contributed by atoms with Crippen LogP contribution in [-0.4, -0.2) is 26.6 Å². The average Bonchev–Trinajstić information content (AvgIpc) is 3.29. The van der Waals surface area contributed by atoms with Gasteiger partial charge >= 0.3 is 0 Å². The first-order valence-electron chi connectivity index (χ1n) is 10.5. The molecule has 0 unspecified atom stereocenters. The fraction of sp³-hybridized carbons (Fsp3) is 0.0769. The van der Waals surface area contributed by atoms with Crippen molar-refractivity contribution in [1.29, 1.82) is 0 Å². The third-order valence-corrected chi connectivity index (χ3v) is 4.96. The maximum absolute atomic E-state index is 13.0. The van der Waals surface area contributed by atoms with Crippen LogP contribution in [0.4, 0.5) is 11.4 Å². The van der Waals surface area contributed by atoms with Crippen LogP contribution in [0, 0.1) is 0 Å². The van der Waals surface area contributed by atoms with E-state index in [4.69, 9.17) is 4.74 Å². The second-order valence-corrected chi connectivity index (χ2v) is 7.49. The summed E-state index contributed by atoms with van der Waals surface area (Å²) >= 11 is 0. The van der Waals surface area contributed by atoms with Crippen molar-refractivity contribution in [3.8, 4) is 16.9 Å². The molecule has 170 valence electrons. The summed E-state index contributed by atoms with van der Waals surface area (Å²) in [5.41, 5.74) is 4.19. The summed E-state index contributed by atoms with van der Waals surface area (Å²) < 4.78 is 7.81. The van der Waals surface area contributed by atoms with Crippen molar-refractivity contribution in [2.24, 2.45) is 7.05 Å². The minimum atomic E-state index is -0.312. The zero-order valence-electron chi connectivity index (χ0n) is 18.6. The third kappa shape index (κ3) is 5.55.